The quantitative estimate of drug-likeness (QED) is 0.873. The lowest BCUT2D eigenvalue weighted by molar-refractivity contribution is 0.360. The summed E-state index contributed by atoms with van der Waals surface area (Å²) in [6, 6.07) is 2.01. The number of hydrogen-bond donors (Lipinski definition) is 2. The maximum atomic E-state index is 12.2. The lowest BCUT2D eigenvalue weighted by Gasteiger charge is -2.28. The zero-order valence-electron chi connectivity index (χ0n) is 10.5. The van der Waals surface area contributed by atoms with E-state index in [0.29, 0.717) is 11.8 Å². The van der Waals surface area contributed by atoms with Crippen LogP contribution in [0.4, 0.5) is 0 Å². The van der Waals surface area contributed by atoms with E-state index in [1.807, 2.05) is 0 Å². The molecule has 2 heterocycles. The number of piperidine rings is 1. The molecule has 1 aromatic rings. The Bertz CT molecular complexity index is 498. The molecule has 102 valence electrons. The second-order valence-electron chi connectivity index (χ2n) is 4.47. The van der Waals surface area contributed by atoms with E-state index in [2.05, 4.69) is 17.0 Å². The predicted molar refractivity (Wildman–Crippen MR) is 71.7 cm³/mol. The van der Waals surface area contributed by atoms with Gasteiger partial charge in [-0.1, -0.05) is 0 Å². The zero-order valence-corrected chi connectivity index (χ0v) is 12.1. The Morgan fingerprint density at radius 2 is 2.33 bits per heavy atom. The van der Waals surface area contributed by atoms with Crippen LogP contribution >= 0.6 is 11.3 Å². The Hall–Kier alpha value is -0.630. The number of hydrogen-bond acceptors (Lipinski definition) is 5. The maximum absolute atomic E-state index is 12.2. The minimum Gasteiger partial charge on any atom is -0.494 e. The van der Waals surface area contributed by atoms with Crippen LogP contribution in [0.5, 0.6) is 5.75 Å². The van der Waals surface area contributed by atoms with Gasteiger partial charge in [0.2, 0.25) is 0 Å². The molecule has 0 aliphatic carbocycles. The van der Waals surface area contributed by atoms with Crippen LogP contribution in [0.25, 0.3) is 0 Å². The highest BCUT2D eigenvalue weighted by Gasteiger charge is 2.27. The summed E-state index contributed by atoms with van der Waals surface area (Å²) in [5.41, 5.74) is 0. The Morgan fingerprint density at radius 1 is 1.56 bits per heavy atom. The topological polar surface area (TPSA) is 67.4 Å². The number of ether oxygens (including phenoxy) is 1. The molecule has 1 aliphatic heterocycles. The van der Waals surface area contributed by atoms with E-state index in [4.69, 9.17) is 4.74 Å². The van der Waals surface area contributed by atoms with Crippen molar-refractivity contribution in [3.8, 4) is 5.75 Å². The average molecular weight is 290 g/mol. The van der Waals surface area contributed by atoms with E-state index < -0.39 is 10.0 Å². The van der Waals surface area contributed by atoms with Crippen LogP contribution in [0.2, 0.25) is 0 Å². The van der Waals surface area contributed by atoms with Gasteiger partial charge in [0.1, 0.15) is 5.75 Å². The summed E-state index contributed by atoms with van der Waals surface area (Å²) in [5.74, 6) is 0.412. The van der Waals surface area contributed by atoms with E-state index in [1.165, 1.54) is 18.4 Å². The van der Waals surface area contributed by atoms with Crippen molar-refractivity contribution in [2.75, 3.05) is 13.7 Å². The van der Waals surface area contributed by atoms with Crippen LogP contribution < -0.4 is 14.8 Å². The van der Waals surface area contributed by atoms with Crippen LogP contribution in [0.15, 0.2) is 15.7 Å². The van der Waals surface area contributed by atoms with Crippen molar-refractivity contribution >= 4 is 21.4 Å². The van der Waals surface area contributed by atoms with Gasteiger partial charge in [-0.05, 0) is 37.8 Å². The van der Waals surface area contributed by atoms with Crippen LogP contribution in [0, 0.1) is 0 Å². The van der Waals surface area contributed by atoms with Crippen molar-refractivity contribution in [1.82, 2.24) is 10.0 Å². The lowest BCUT2D eigenvalue weighted by atomic mass is 10.0. The molecule has 2 unspecified atom stereocenters. The van der Waals surface area contributed by atoms with Crippen molar-refractivity contribution in [2.45, 2.75) is 36.1 Å². The summed E-state index contributed by atoms with van der Waals surface area (Å²) in [6.07, 6.45) is 1.63. The first-order valence-corrected chi connectivity index (χ1v) is 8.26. The molecule has 2 N–H and O–H groups in total. The van der Waals surface area contributed by atoms with E-state index in [0.717, 1.165) is 19.4 Å². The standard InChI is InChI=1S/C11H18N2O3S2/c1-8-7-9(3-5-12-8)13-18(14,15)11-10(16-2)4-6-17-11/h4,6,8-9,12-13H,3,5,7H2,1-2H3. The number of thiophene rings is 1. The van der Waals surface area contributed by atoms with Gasteiger partial charge in [-0.3, -0.25) is 0 Å². The largest absolute Gasteiger partial charge is 0.494 e. The molecule has 1 fully saturated rings. The molecule has 18 heavy (non-hydrogen) atoms. The first kappa shape index (κ1) is 13.8. The van der Waals surface area contributed by atoms with Gasteiger partial charge in [0, 0.05) is 12.1 Å². The molecule has 1 aromatic heterocycles. The Kier molecular flexibility index (Phi) is 4.26. The normalized spacial score (nSPS) is 25.0. The van der Waals surface area contributed by atoms with E-state index in [-0.39, 0.29) is 10.3 Å². The number of sulfonamides is 1. The van der Waals surface area contributed by atoms with Gasteiger partial charge in [-0.2, -0.15) is 0 Å². The first-order chi connectivity index (χ1) is 8.53. The minimum absolute atomic E-state index is 0.00180. The molecule has 5 nitrogen and oxygen atoms in total. The molecule has 2 rings (SSSR count). The summed E-state index contributed by atoms with van der Waals surface area (Å²) < 4.78 is 32.6. The van der Waals surface area contributed by atoms with Crippen molar-refractivity contribution < 1.29 is 13.2 Å². The molecule has 2 atom stereocenters. The molecule has 0 amide bonds. The van der Waals surface area contributed by atoms with Gasteiger partial charge in [0.25, 0.3) is 10.0 Å². The Labute approximate surface area is 112 Å². The molecule has 0 saturated carbocycles. The third-order valence-corrected chi connectivity index (χ3v) is 5.97. The van der Waals surface area contributed by atoms with Gasteiger partial charge in [0.15, 0.2) is 4.21 Å². The van der Waals surface area contributed by atoms with Crippen LogP contribution in [-0.2, 0) is 10.0 Å². The molecule has 0 radical (unpaired) electrons. The molecule has 0 bridgehead atoms. The van der Waals surface area contributed by atoms with Crippen molar-refractivity contribution in [2.24, 2.45) is 0 Å². The molecular formula is C11H18N2O3S2. The molecule has 0 aromatic carbocycles. The molecule has 7 heteroatoms. The lowest BCUT2D eigenvalue weighted by Crippen LogP contribution is -2.46. The average Bonchev–Trinajstić information content (AvgIpc) is 2.77. The third-order valence-electron chi connectivity index (χ3n) is 3.01. The third kappa shape index (κ3) is 3.03. The fourth-order valence-corrected chi connectivity index (χ4v) is 4.72. The zero-order chi connectivity index (χ0) is 13.2. The molecular weight excluding hydrogens is 272 g/mol. The van der Waals surface area contributed by atoms with E-state index >= 15 is 0 Å². The smallest absolute Gasteiger partial charge is 0.254 e. The first-order valence-electron chi connectivity index (χ1n) is 5.90. The fourth-order valence-electron chi connectivity index (χ4n) is 2.14. The van der Waals surface area contributed by atoms with Crippen LogP contribution in [0.3, 0.4) is 0 Å². The van der Waals surface area contributed by atoms with E-state index in [9.17, 15) is 8.42 Å². The summed E-state index contributed by atoms with van der Waals surface area (Å²) in [5, 5.41) is 5.02. The van der Waals surface area contributed by atoms with Gasteiger partial charge >= 0.3 is 0 Å². The number of nitrogens with one attached hydrogen (secondary N) is 2. The molecule has 1 saturated heterocycles. The summed E-state index contributed by atoms with van der Waals surface area (Å²) >= 11 is 1.18. The van der Waals surface area contributed by atoms with Gasteiger partial charge in [0.05, 0.1) is 7.11 Å². The monoisotopic (exact) mass is 290 g/mol. The van der Waals surface area contributed by atoms with Gasteiger partial charge in [-0.15, -0.1) is 11.3 Å². The SMILES string of the molecule is COc1ccsc1S(=O)(=O)NC1CCNC(C)C1. The molecule has 0 spiro atoms. The van der Waals surface area contributed by atoms with E-state index in [1.54, 1.807) is 11.4 Å². The van der Waals surface area contributed by atoms with Crippen LogP contribution in [0.1, 0.15) is 19.8 Å². The highest BCUT2D eigenvalue weighted by atomic mass is 32.2. The van der Waals surface area contributed by atoms with Gasteiger partial charge < -0.3 is 10.1 Å². The second kappa shape index (κ2) is 5.56. The Balaban J connectivity index is 2.12. The van der Waals surface area contributed by atoms with Crippen molar-refractivity contribution in [3.63, 3.8) is 0 Å². The summed E-state index contributed by atoms with van der Waals surface area (Å²) in [7, 11) is -1.99. The summed E-state index contributed by atoms with van der Waals surface area (Å²) in [4.78, 5) is 0. The number of methoxy groups -OCH3 is 1. The Morgan fingerprint density at radius 3 is 3.00 bits per heavy atom. The second-order valence-corrected chi connectivity index (χ2v) is 7.30. The van der Waals surface area contributed by atoms with Crippen molar-refractivity contribution in [1.29, 1.82) is 0 Å². The van der Waals surface area contributed by atoms with Crippen molar-refractivity contribution in [3.05, 3.63) is 11.4 Å². The number of rotatable bonds is 4. The minimum atomic E-state index is -3.47. The predicted octanol–water partition coefficient (Wildman–Crippen LogP) is 1.18. The highest BCUT2D eigenvalue weighted by Crippen LogP contribution is 2.29. The van der Waals surface area contributed by atoms with Crippen LogP contribution in [-0.4, -0.2) is 34.2 Å². The summed E-state index contributed by atoms with van der Waals surface area (Å²) in [6.45, 7) is 2.90. The molecule has 1 aliphatic rings. The van der Waals surface area contributed by atoms with Gasteiger partial charge in [-0.25, -0.2) is 13.1 Å². The maximum Gasteiger partial charge on any atom is 0.254 e. The fraction of sp³-hybridized carbons (Fsp3) is 0.636. The highest BCUT2D eigenvalue weighted by molar-refractivity contribution is 7.91.